The SMILES string of the molecule is Cc1cccc(NC(=O)C(=O)NCC2(c3cccs3)CCOCC2)c1C. The molecule has 0 radical (unpaired) electrons. The summed E-state index contributed by atoms with van der Waals surface area (Å²) in [5, 5.41) is 7.59. The van der Waals surface area contributed by atoms with Gasteiger partial charge >= 0.3 is 11.8 Å². The molecule has 26 heavy (non-hydrogen) atoms. The van der Waals surface area contributed by atoms with Gasteiger partial charge in [0.15, 0.2) is 0 Å². The van der Waals surface area contributed by atoms with E-state index < -0.39 is 11.8 Å². The molecule has 138 valence electrons. The molecule has 5 nitrogen and oxygen atoms in total. The third-order valence-electron chi connectivity index (χ3n) is 5.14. The fourth-order valence-electron chi connectivity index (χ4n) is 3.25. The molecule has 1 aromatic carbocycles. The lowest BCUT2D eigenvalue weighted by molar-refractivity contribution is -0.136. The minimum atomic E-state index is -0.632. The minimum absolute atomic E-state index is 0.151. The first-order chi connectivity index (χ1) is 12.5. The summed E-state index contributed by atoms with van der Waals surface area (Å²) in [7, 11) is 0. The molecule has 0 bridgehead atoms. The molecular weight excluding hydrogens is 348 g/mol. The van der Waals surface area contributed by atoms with Crippen LogP contribution in [0.3, 0.4) is 0 Å². The number of amides is 2. The fraction of sp³-hybridized carbons (Fsp3) is 0.400. The highest BCUT2D eigenvalue weighted by Crippen LogP contribution is 2.36. The molecule has 3 rings (SSSR count). The quantitative estimate of drug-likeness (QED) is 0.810. The Hall–Kier alpha value is -2.18. The predicted octanol–water partition coefficient (Wildman–Crippen LogP) is 3.17. The summed E-state index contributed by atoms with van der Waals surface area (Å²) in [6, 6.07) is 9.76. The van der Waals surface area contributed by atoms with E-state index in [9.17, 15) is 9.59 Å². The number of rotatable bonds is 4. The number of carbonyl (C=O) groups excluding carboxylic acids is 2. The van der Waals surface area contributed by atoms with Crippen molar-refractivity contribution < 1.29 is 14.3 Å². The Labute approximate surface area is 157 Å². The zero-order chi connectivity index (χ0) is 18.6. The van der Waals surface area contributed by atoms with Crippen molar-refractivity contribution in [2.45, 2.75) is 32.1 Å². The van der Waals surface area contributed by atoms with Gasteiger partial charge in [-0.15, -0.1) is 11.3 Å². The molecule has 1 aliphatic heterocycles. The number of anilines is 1. The smallest absolute Gasteiger partial charge is 0.313 e. The highest BCUT2D eigenvalue weighted by Gasteiger charge is 2.36. The van der Waals surface area contributed by atoms with Gasteiger partial charge < -0.3 is 15.4 Å². The molecule has 1 fully saturated rings. The first-order valence-corrected chi connectivity index (χ1v) is 9.67. The highest BCUT2D eigenvalue weighted by atomic mass is 32.1. The number of hydrogen-bond donors (Lipinski definition) is 2. The van der Waals surface area contributed by atoms with Crippen molar-refractivity contribution in [3.05, 3.63) is 51.7 Å². The Bertz CT molecular complexity index is 780. The Morgan fingerprint density at radius 1 is 1.12 bits per heavy atom. The summed E-state index contributed by atoms with van der Waals surface area (Å²) < 4.78 is 5.49. The third-order valence-corrected chi connectivity index (χ3v) is 6.26. The zero-order valence-corrected chi connectivity index (χ0v) is 15.9. The van der Waals surface area contributed by atoms with Crippen LogP contribution in [0.25, 0.3) is 0 Å². The van der Waals surface area contributed by atoms with E-state index in [1.807, 2.05) is 37.4 Å². The van der Waals surface area contributed by atoms with E-state index in [4.69, 9.17) is 4.74 Å². The molecule has 1 aliphatic rings. The number of ether oxygens (including phenoxy) is 1. The summed E-state index contributed by atoms with van der Waals surface area (Å²) in [6.07, 6.45) is 1.68. The van der Waals surface area contributed by atoms with Gasteiger partial charge in [0, 0.05) is 35.7 Å². The molecule has 0 saturated carbocycles. The monoisotopic (exact) mass is 372 g/mol. The largest absolute Gasteiger partial charge is 0.381 e. The van der Waals surface area contributed by atoms with Crippen molar-refractivity contribution >= 4 is 28.8 Å². The Morgan fingerprint density at radius 2 is 1.88 bits per heavy atom. The maximum absolute atomic E-state index is 12.3. The van der Waals surface area contributed by atoms with Crippen LogP contribution in [0.1, 0.15) is 28.8 Å². The van der Waals surface area contributed by atoms with E-state index in [0.717, 1.165) is 24.0 Å². The minimum Gasteiger partial charge on any atom is -0.381 e. The number of carbonyl (C=O) groups is 2. The average Bonchev–Trinajstić information content (AvgIpc) is 3.19. The maximum atomic E-state index is 12.3. The first-order valence-electron chi connectivity index (χ1n) is 8.79. The summed E-state index contributed by atoms with van der Waals surface area (Å²) in [6.45, 7) is 5.68. The van der Waals surface area contributed by atoms with Crippen molar-refractivity contribution in [1.82, 2.24) is 5.32 Å². The molecule has 0 spiro atoms. The van der Waals surface area contributed by atoms with Crippen LogP contribution in [-0.2, 0) is 19.7 Å². The van der Waals surface area contributed by atoms with Crippen LogP contribution >= 0.6 is 11.3 Å². The van der Waals surface area contributed by atoms with Gasteiger partial charge in [0.05, 0.1) is 0 Å². The van der Waals surface area contributed by atoms with E-state index in [1.165, 1.54) is 4.88 Å². The molecule has 2 heterocycles. The van der Waals surface area contributed by atoms with Gasteiger partial charge in [-0.2, -0.15) is 0 Å². The fourth-order valence-corrected chi connectivity index (χ4v) is 4.24. The second-order valence-corrected chi connectivity index (χ2v) is 7.70. The van der Waals surface area contributed by atoms with Crippen LogP contribution in [0.2, 0.25) is 0 Å². The van der Waals surface area contributed by atoms with Crippen molar-refractivity contribution in [3.8, 4) is 0 Å². The lowest BCUT2D eigenvalue weighted by atomic mass is 9.78. The summed E-state index contributed by atoms with van der Waals surface area (Å²) in [4.78, 5) is 25.9. The second-order valence-electron chi connectivity index (χ2n) is 6.75. The van der Waals surface area contributed by atoms with Crippen molar-refractivity contribution in [2.75, 3.05) is 25.1 Å². The molecule has 2 N–H and O–H groups in total. The lowest BCUT2D eigenvalue weighted by Gasteiger charge is -2.36. The number of nitrogens with one attached hydrogen (secondary N) is 2. The summed E-state index contributed by atoms with van der Waals surface area (Å²) >= 11 is 1.69. The van der Waals surface area contributed by atoms with Gasteiger partial charge in [-0.3, -0.25) is 9.59 Å². The standard InChI is InChI=1S/C20H24N2O3S/c1-14-5-3-6-16(15(14)2)22-19(24)18(23)21-13-20(8-10-25-11-9-20)17-7-4-12-26-17/h3-7,12H,8-11,13H2,1-2H3,(H,21,23)(H,22,24). The third kappa shape index (κ3) is 3.97. The van der Waals surface area contributed by atoms with Crippen molar-refractivity contribution in [1.29, 1.82) is 0 Å². The van der Waals surface area contributed by atoms with E-state index in [2.05, 4.69) is 16.7 Å². The average molecular weight is 372 g/mol. The lowest BCUT2D eigenvalue weighted by Crippen LogP contribution is -2.46. The van der Waals surface area contributed by atoms with E-state index in [-0.39, 0.29) is 5.41 Å². The number of aryl methyl sites for hydroxylation is 1. The van der Waals surface area contributed by atoms with Crippen LogP contribution in [0.15, 0.2) is 35.7 Å². The van der Waals surface area contributed by atoms with Gasteiger partial charge in [-0.1, -0.05) is 18.2 Å². The number of hydrogen-bond acceptors (Lipinski definition) is 4. The van der Waals surface area contributed by atoms with Gasteiger partial charge in [-0.25, -0.2) is 0 Å². The van der Waals surface area contributed by atoms with Crippen LogP contribution in [0, 0.1) is 13.8 Å². The zero-order valence-electron chi connectivity index (χ0n) is 15.1. The van der Waals surface area contributed by atoms with Crippen molar-refractivity contribution in [3.63, 3.8) is 0 Å². The molecule has 0 aliphatic carbocycles. The first kappa shape index (κ1) is 18.6. The molecule has 1 aromatic heterocycles. The van der Waals surface area contributed by atoms with Crippen LogP contribution in [0.4, 0.5) is 5.69 Å². The highest BCUT2D eigenvalue weighted by molar-refractivity contribution is 7.10. The molecule has 1 saturated heterocycles. The summed E-state index contributed by atoms with van der Waals surface area (Å²) in [5.41, 5.74) is 2.56. The Kier molecular flexibility index (Phi) is 5.74. The Balaban J connectivity index is 1.65. The molecule has 6 heteroatoms. The van der Waals surface area contributed by atoms with Gasteiger partial charge in [-0.05, 0) is 55.3 Å². The van der Waals surface area contributed by atoms with E-state index in [1.54, 1.807) is 17.4 Å². The normalized spacial score (nSPS) is 16.1. The predicted molar refractivity (Wildman–Crippen MR) is 104 cm³/mol. The van der Waals surface area contributed by atoms with Crippen molar-refractivity contribution in [2.24, 2.45) is 0 Å². The molecule has 0 unspecified atom stereocenters. The van der Waals surface area contributed by atoms with Crippen LogP contribution in [-0.4, -0.2) is 31.6 Å². The Morgan fingerprint density at radius 3 is 2.58 bits per heavy atom. The van der Waals surface area contributed by atoms with Gasteiger partial charge in [0.2, 0.25) is 0 Å². The molecule has 0 atom stereocenters. The van der Waals surface area contributed by atoms with Crippen LogP contribution in [0.5, 0.6) is 0 Å². The van der Waals surface area contributed by atoms with Crippen LogP contribution < -0.4 is 10.6 Å². The molecule has 2 amide bonds. The van der Waals surface area contributed by atoms with E-state index in [0.29, 0.717) is 25.4 Å². The molecule has 2 aromatic rings. The second kappa shape index (κ2) is 8.01. The molecular formula is C20H24N2O3S. The topological polar surface area (TPSA) is 67.4 Å². The summed E-state index contributed by atoms with van der Waals surface area (Å²) in [5.74, 6) is -1.24. The maximum Gasteiger partial charge on any atom is 0.313 e. The van der Waals surface area contributed by atoms with Gasteiger partial charge in [0.25, 0.3) is 0 Å². The van der Waals surface area contributed by atoms with Gasteiger partial charge in [0.1, 0.15) is 0 Å². The number of benzene rings is 1. The van der Waals surface area contributed by atoms with E-state index >= 15 is 0 Å². The number of thiophene rings is 1.